The third-order valence-corrected chi connectivity index (χ3v) is 7.10. The number of hydrogen-bond donors (Lipinski definition) is 1. The van der Waals surface area contributed by atoms with Crippen molar-refractivity contribution in [3.8, 4) is 0 Å². The molecule has 5 rings (SSSR count). The molecule has 0 aliphatic rings. The average Bonchev–Trinajstić information content (AvgIpc) is 3.14. The molecule has 0 aliphatic carbocycles. The monoisotopic (exact) mass is 570 g/mol. The van der Waals surface area contributed by atoms with Gasteiger partial charge < -0.3 is 9.67 Å². The zero-order valence-corrected chi connectivity index (χ0v) is 23.2. The molecule has 3 aromatic carbocycles. The minimum Gasteiger partial charge on any atom is -0.478 e. The molecule has 0 amide bonds. The van der Waals surface area contributed by atoms with Crippen LogP contribution >= 0.6 is 15.9 Å². The highest BCUT2D eigenvalue weighted by molar-refractivity contribution is 9.10. The lowest BCUT2D eigenvalue weighted by Crippen LogP contribution is -2.29. The summed E-state index contributed by atoms with van der Waals surface area (Å²) in [7, 11) is 0. The highest BCUT2D eigenvalue weighted by atomic mass is 79.9. The molecule has 7 nitrogen and oxygen atoms in total. The first-order chi connectivity index (χ1) is 18.0. The van der Waals surface area contributed by atoms with Gasteiger partial charge in [-0.1, -0.05) is 67.0 Å². The molecule has 192 valence electrons. The standard InChI is InChI=1S/C30H27BrN4O3/c1-18-24(16-32-35-27(36)23-15-21(31)13-14-25(23)33-29(35)30(2,3)4)22-7-5-6-8-26(22)34(18)17-19-9-11-20(12-10-19)28(37)38/h5-16H,17H2,1-4H3,(H,37,38). The lowest BCUT2D eigenvalue weighted by Gasteiger charge is -2.20. The summed E-state index contributed by atoms with van der Waals surface area (Å²) in [4.78, 5) is 29.6. The van der Waals surface area contributed by atoms with Gasteiger partial charge in [0.05, 0.1) is 22.7 Å². The molecule has 0 bridgehead atoms. The minimum absolute atomic E-state index is 0.225. The minimum atomic E-state index is -0.946. The number of aromatic nitrogens is 3. The van der Waals surface area contributed by atoms with Gasteiger partial charge in [0.25, 0.3) is 5.56 Å². The molecule has 1 N–H and O–H groups in total. The predicted molar refractivity (Wildman–Crippen MR) is 155 cm³/mol. The number of carboxylic acids is 1. The summed E-state index contributed by atoms with van der Waals surface area (Å²) in [6.45, 7) is 8.63. The predicted octanol–water partition coefficient (Wildman–Crippen LogP) is 6.35. The molecule has 0 saturated heterocycles. The van der Waals surface area contributed by atoms with Crippen LogP contribution in [0.25, 0.3) is 21.8 Å². The third kappa shape index (κ3) is 4.67. The Labute approximate surface area is 228 Å². The molecule has 38 heavy (non-hydrogen) atoms. The van der Waals surface area contributed by atoms with Crippen LogP contribution in [-0.4, -0.2) is 31.5 Å². The quantitative estimate of drug-likeness (QED) is 0.249. The summed E-state index contributed by atoms with van der Waals surface area (Å²) in [5.74, 6) is -0.369. The van der Waals surface area contributed by atoms with Crippen LogP contribution in [0, 0.1) is 6.92 Å². The van der Waals surface area contributed by atoms with Gasteiger partial charge in [0.1, 0.15) is 5.82 Å². The molecule has 8 heteroatoms. The van der Waals surface area contributed by atoms with Gasteiger partial charge in [-0.15, -0.1) is 0 Å². The summed E-state index contributed by atoms with van der Waals surface area (Å²) in [6, 6.07) is 20.4. The molecule has 0 spiro atoms. The first-order valence-electron chi connectivity index (χ1n) is 12.2. The Hall–Kier alpha value is -4.04. The van der Waals surface area contributed by atoms with Crippen molar-refractivity contribution in [2.24, 2.45) is 5.10 Å². The SMILES string of the molecule is Cc1c(C=Nn2c(C(C)(C)C)nc3ccc(Br)cc3c2=O)c2ccccc2n1Cc1ccc(C(=O)O)cc1. The summed E-state index contributed by atoms with van der Waals surface area (Å²) in [5, 5.41) is 15.4. The first kappa shape index (κ1) is 25.6. The van der Waals surface area contributed by atoms with Crippen molar-refractivity contribution in [2.45, 2.75) is 39.7 Å². The van der Waals surface area contributed by atoms with E-state index in [-0.39, 0.29) is 11.1 Å². The summed E-state index contributed by atoms with van der Waals surface area (Å²) in [6.07, 6.45) is 1.74. The third-order valence-electron chi connectivity index (χ3n) is 6.60. The molecule has 0 aliphatic heterocycles. The number of hydrogen-bond acceptors (Lipinski definition) is 4. The van der Waals surface area contributed by atoms with Crippen LogP contribution in [0.3, 0.4) is 0 Å². The number of rotatable bonds is 5. The maximum Gasteiger partial charge on any atom is 0.335 e. The van der Waals surface area contributed by atoms with Gasteiger partial charge in [0.15, 0.2) is 0 Å². The van der Waals surface area contributed by atoms with Gasteiger partial charge >= 0.3 is 5.97 Å². The first-order valence-corrected chi connectivity index (χ1v) is 13.0. The van der Waals surface area contributed by atoms with Gasteiger partial charge in [-0.25, -0.2) is 9.78 Å². The fraction of sp³-hybridized carbons (Fsp3) is 0.200. The van der Waals surface area contributed by atoms with E-state index >= 15 is 0 Å². The zero-order valence-electron chi connectivity index (χ0n) is 21.6. The van der Waals surface area contributed by atoms with Crippen LogP contribution in [0.2, 0.25) is 0 Å². The fourth-order valence-corrected chi connectivity index (χ4v) is 4.98. The van der Waals surface area contributed by atoms with Crippen molar-refractivity contribution in [2.75, 3.05) is 0 Å². The van der Waals surface area contributed by atoms with E-state index < -0.39 is 11.4 Å². The molecule has 0 radical (unpaired) electrons. The number of benzene rings is 3. The maximum absolute atomic E-state index is 13.6. The lowest BCUT2D eigenvalue weighted by molar-refractivity contribution is 0.0697. The van der Waals surface area contributed by atoms with Crippen LogP contribution in [0.4, 0.5) is 0 Å². The molecule has 0 fully saturated rings. The van der Waals surface area contributed by atoms with Gasteiger partial charge in [0.2, 0.25) is 0 Å². The van der Waals surface area contributed by atoms with Crippen LogP contribution in [0.5, 0.6) is 0 Å². The van der Waals surface area contributed by atoms with Gasteiger partial charge in [-0.2, -0.15) is 9.78 Å². The molecule has 0 saturated carbocycles. The van der Waals surface area contributed by atoms with Crippen molar-refractivity contribution in [1.82, 2.24) is 14.2 Å². The molecular formula is C30H27BrN4O3. The van der Waals surface area contributed by atoms with E-state index in [4.69, 9.17) is 10.1 Å². The van der Waals surface area contributed by atoms with E-state index in [1.807, 2.05) is 76.2 Å². The normalized spacial score (nSPS) is 12.1. The van der Waals surface area contributed by atoms with E-state index in [0.29, 0.717) is 23.3 Å². The number of nitrogens with zero attached hydrogens (tertiary/aromatic N) is 4. The van der Waals surface area contributed by atoms with Crippen LogP contribution in [-0.2, 0) is 12.0 Å². The van der Waals surface area contributed by atoms with Crippen molar-refractivity contribution in [3.63, 3.8) is 0 Å². The molecule has 2 aromatic heterocycles. The van der Waals surface area contributed by atoms with Crippen LogP contribution < -0.4 is 5.56 Å². The average molecular weight is 571 g/mol. The van der Waals surface area contributed by atoms with Crippen molar-refractivity contribution < 1.29 is 9.90 Å². The highest BCUT2D eigenvalue weighted by Crippen LogP contribution is 2.27. The van der Waals surface area contributed by atoms with E-state index in [1.165, 1.54) is 4.68 Å². The van der Waals surface area contributed by atoms with Crippen LogP contribution in [0.1, 0.15) is 53.8 Å². The molecule has 5 aromatic rings. The van der Waals surface area contributed by atoms with E-state index in [2.05, 4.69) is 20.5 Å². The number of carbonyl (C=O) groups is 1. The topological polar surface area (TPSA) is 89.5 Å². The maximum atomic E-state index is 13.6. The Balaban J connectivity index is 1.64. The number of para-hydroxylation sites is 1. The van der Waals surface area contributed by atoms with E-state index in [0.717, 1.165) is 32.2 Å². The second kappa shape index (κ2) is 9.68. The molecule has 2 heterocycles. The largest absolute Gasteiger partial charge is 0.478 e. The number of fused-ring (bicyclic) bond motifs is 2. The smallest absolute Gasteiger partial charge is 0.335 e. The Bertz CT molecular complexity index is 1790. The van der Waals surface area contributed by atoms with Gasteiger partial charge in [0, 0.05) is 38.6 Å². The number of aromatic carboxylic acids is 1. The Kier molecular flexibility index (Phi) is 6.53. The van der Waals surface area contributed by atoms with Crippen molar-refractivity contribution in [3.05, 3.63) is 110 Å². The Morgan fingerprint density at radius 1 is 1.05 bits per heavy atom. The fourth-order valence-electron chi connectivity index (χ4n) is 4.62. The summed E-state index contributed by atoms with van der Waals surface area (Å²) >= 11 is 3.46. The number of halogens is 1. The second-order valence-electron chi connectivity index (χ2n) is 10.3. The van der Waals surface area contributed by atoms with Crippen molar-refractivity contribution in [1.29, 1.82) is 0 Å². The lowest BCUT2D eigenvalue weighted by atomic mass is 9.95. The molecule has 0 atom stereocenters. The van der Waals surface area contributed by atoms with Gasteiger partial charge in [-0.3, -0.25) is 4.79 Å². The summed E-state index contributed by atoms with van der Waals surface area (Å²) in [5.41, 5.74) is 4.15. The van der Waals surface area contributed by atoms with Crippen LogP contribution in [0.15, 0.2) is 81.1 Å². The molecular weight excluding hydrogens is 544 g/mol. The second-order valence-corrected chi connectivity index (χ2v) is 11.2. The Morgan fingerprint density at radius 3 is 2.45 bits per heavy atom. The highest BCUT2D eigenvalue weighted by Gasteiger charge is 2.23. The van der Waals surface area contributed by atoms with Crippen molar-refractivity contribution >= 4 is 49.9 Å². The Morgan fingerprint density at radius 2 is 1.76 bits per heavy atom. The molecule has 0 unspecified atom stereocenters. The van der Waals surface area contributed by atoms with E-state index in [9.17, 15) is 14.7 Å². The zero-order chi connectivity index (χ0) is 27.2. The number of carboxylic acid groups (broad SMARTS) is 1. The van der Waals surface area contributed by atoms with E-state index in [1.54, 1.807) is 24.4 Å². The van der Waals surface area contributed by atoms with Gasteiger partial charge in [-0.05, 0) is 48.9 Å². The summed E-state index contributed by atoms with van der Waals surface area (Å²) < 4.78 is 4.39.